The molecular formula is C20H27N11O11P2. The monoisotopic (exact) mass is 659 g/mol. The predicted octanol–water partition coefficient (Wildman–Crippen LogP) is -1.81. The van der Waals surface area contributed by atoms with Crippen molar-refractivity contribution in [3.8, 4) is 0 Å². The first-order valence-electron chi connectivity index (χ1n) is 12.7. The van der Waals surface area contributed by atoms with Crippen molar-refractivity contribution in [2.75, 3.05) is 25.2 Å². The van der Waals surface area contributed by atoms with E-state index in [4.69, 9.17) is 45.0 Å². The van der Waals surface area contributed by atoms with Crippen LogP contribution < -0.4 is 17.2 Å². The lowest BCUT2D eigenvalue weighted by molar-refractivity contribution is -0.159. The number of anilines is 2. The van der Waals surface area contributed by atoms with E-state index in [1.54, 1.807) is 0 Å². The molecule has 0 saturated carbocycles. The zero-order valence-electron chi connectivity index (χ0n) is 22.5. The predicted molar refractivity (Wildman–Crippen MR) is 145 cm³/mol. The van der Waals surface area contributed by atoms with Crippen LogP contribution in [0.3, 0.4) is 0 Å². The standard InChI is InChI=1S/C20H27N11O11P2/c1-37-20-13(11(32)19(40-20)31-6-29-10-15(23)25-4-27-17(10)31)42-44(35,36)38-2-7-12(41-43(33)34)8(21)18(39-7)30-5-28-9-14(22)24-3-26-16(9)30/h3-8,11-13,18-20,32,43H,2,21H2,1H3,(H,33,34)(H,35,36)(H2,22,24,26)(H2,23,25,27)/t7-,8+,11+,12+,13-,18-,19-,20+/m1/s1. The molecule has 2 unspecified atom stereocenters. The summed E-state index contributed by atoms with van der Waals surface area (Å²) in [6.07, 6.45) is -4.27. The fourth-order valence-corrected chi connectivity index (χ4v) is 6.50. The maximum absolute atomic E-state index is 13.1. The number of aliphatic hydroxyl groups excluding tert-OH is 1. The first kappa shape index (κ1) is 30.8. The Morgan fingerprint density at radius 2 is 1.57 bits per heavy atom. The summed E-state index contributed by atoms with van der Waals surface area (Å²) < 4.78 is 59.8. The second kappa shape index (κ2) is 11.9. The SMILES string of the molecule is CO[C@H]1O[C@@H](n2cnc3c(N)ncnc32)[C@@H](O)[C@H]1OP(=O)(O)OC[C@H]1O[C@@H](n2cnc3c(N)ncnc32)[C@@H](N)[C@H]1O[PH](=O)O. The average Bonchev–Trinajstić information content (AvgIpc) is 3.74. The molecule has 2 aliphatic heterocycles. The van der Waals surface area contributed by atoms with Crippen LogP contribution in [0, 0.1) is 0 Å². The van der Waals surface area contributed by atoms with Crippen LogP contribution in [-0.4, -0.2) is 104 Å². The number of hydrogen-bond acceptors (Lipinski definition) is 18. The molecule has 2 fully saturated rings. The van der Waals surface area contributed by atoms with E-state index in [0.717, 1.165) is 0 Å². The molecule has 238 valence electrons. The minimum Gasteiger partial charge on any atom is -0.385 e. The fraction of sp³-hybridized carbons (Fsp3) is 0.500. The largest absolute Gasteiger partial charge is 0.472 e. The zero-order valence-corrected chi connectivity index (χ0v) is 24.4. The van der Waals surface area contributed by atoms with E-state index in [1.807, 2.05) is 0 Å². The highest BCUT2D eigenvalue weighted by molar-refractivity contribution is 7.47. The molecule has 4 aromatic heterocycles. The maximum atomic E-state index is 13.1. The Morgan fingerprint density at radius 1 is 0.977 bits per heavy atom. The fourth-order valence-electron chi connectivity index (χ4n) is 5.03. The van der Waals surface area contributed by atoms with Crippen molar-refractivity contribution in [1.82, 2.24) is 39.0 Å². The van der Waals surface area contributed by atoms with Gasteiger partial charge in [-0.05, 0) is 0 Å². The van der Waals surface area contributed by atoms with Crippen molar-refractivity contribution in [3.05, 3.63) is 25.3 Å². The number of hydrogen-bond donors (Lipinski definition) is 6. The zero-order chi connectivity index (χ0) is 31.3. The van der Waals surface area contributed by atoms with E-state index >= 15 is 0 Å². The van der Waals surface area contributed by atoms with Gasteiger partial charge in [0.2, 0.25) is 0 Å². The third kappa shape index (κ3) is 5.55. The molecule has 10 atom stereocenters. The third-order valence-corrected chi connectivity index (χ3v) is 8.47. The van der Waals surface area contributed by atoms with Gasteiger partial charge in [-0.25, -0.2) is 34.5 Å². The van der Waals surface area contributed by atoms with Crippen LogP contribution in [0.1, 0.15) is 12.5 Å². The average molecular weight is 659 g/mol. The van der Waals surface area contributed by atoms with Gasteiger partial charge >= 0.3 is 16.1 Å². The second-order valence-corrected chi connectivity index (χ2v) is 11.8. The van der Waals surface area contributed by atoms with Crippen molar-refractivity contribution in [1.29, 1.82) is 0 Å². The number of methoxy groups -OCH3 is 1. The van der Waals surface area contributed by atoms with Crippen LogP contribution in [0.2, 0.25) is 0 Å². The van der Waals surface area contributed by atoms with E-state index < -0.39 is 71.9 Å². The van der Waals surface area contributed by atoms with Crippen LogP contribution in [-0.2, 0) is 36.9 Å². The van der Waals surface area contributed by atoms with Crippen LogP contribution in [0.5, 0.6) is 0 Å². The summed E-state index contributed by atoms with van der Waals surface area (Å²) in [6.45, 7) is -0.700. The van der Waals surface area contributed by atoms with Gasteiger partial charge in [0, 0.05) is 7.11 Å². The smallest absolute Gasteiger partial charge is 0.385 e. The molecule has 0 radical (unpaired) electrons. The summed E-state index contributed by atoms with van der Waals surface area (Å²) in [5.41, 5.74) is 18.9. The lowest BCUT2D eigenvalue weighted by Gasteiger charge is -2.24. The quantitative estimate of drug-likeness (QED) is 0.102. The maximum Gasteiger partial charge on any atom is 0.472 e. The van der Waals surface area contributed by atoms with E-state index in [1.165, 1.54) is 41.6 Å². The van der Waals surface area contributed by atoms with Crippen molar-refractivity contribution < 1.29 is 51.8 Å². The van der Waals surface area contributed by atoms with Gasteiger partial charge in [-0.1, -0.05) is 0 Å². The number of phosphoric ester groups is 1. The number of nitrogens with zero attached hydrogens (tertiary/aromatic N) is 8. The summed E-state index contributed by atoms with van der Waals surface area (Å²) in [5, 5.41) is 11.0. The summed E-state index contributed by atoms with van der Waals surface area (Å²) in [5.74, 6) is 0.189. The number of nitrogen functional groups attached to an aromatic ring is 2. The number of rotatable bonds is 10. The number of phosphoric acid groups is 1. The number of fused-ring (bicyclic) bond motifs is 2. The molecule has 44 heavy (non-hydrogen) atoms. The van der Waals surface area contributed by atoms with E-state index in [9.17, 15) is 24.0 Å². The molecular weight excluding hydrogens is 632 g/mol. The molecule has 0 aromatic carbocycles. The Kier molecular flexibility index (Phi) is 8.34. The summed E-state index contributed by atoms with van der Waals surface area (Å²) in [6, 6.07) is -1.09. The molecule has 22 nitrogen and oxygen atoms in total. The van der Waals surface area contributed by atoms with Gasteiger partial charge in [0.05, 0.1) is 25.3 Å². The van der Waals surface area contributed by atoms with E-state index in [0.29, 0.717) is 0 Å². The van der Waals surface area contributed by atoms with Gasteiger partial charge < -0.3 is 50.8 Å². The molecule has 0 spiro atoms. The van der Waals surface area contributed by atoms with Crippen LogP contribution in [0.15, 0.2) is 25.3 Å². The van der Waals surface area contributed by atoms with Crippen LogP contribution in [0.4, 0.5) is 11.6 Å². The van der Waals surface area contributed by atoms with Crippen molar-refractivity contribution >= 4 is 50.0 Å². The van der Waals surface area contributed by atoms with Crippen molar-refractivity contribution in [2.24, 2.45) is 5.73 Å². The lowest BCUT2D eigenvalue weighted by atomic mass is 10.1. The minimum absolute atomic E-state index is 0.0917. The van der Waals surface area contributed by atoms with Gasteiger partial charge in [0.15, 0.2) is 47.8 Å². The van der Waals surface area contributed by atoms with Gasteiger partial charge in [-0.3, -0.25) is 22.7 Å². The number of aliphatic hydroxyl groups is 1. The molecule has 9 N–H and O–H groups in total. The molecule has 24 heteroatoms. The molecule has 6 heterocycles. The Labute approximate surface area is 246 Å². The molecule has 2 aliphatic rings. The number of imidazole rings is 2. The topological polar surface area (TPSA) is 315 Å². The first-order valence-corrected chi connectivity index (χ1v) is 15.4. The summed E-state index contributed by atoms with van der Waals surface area (Å²) >= 11 is 0. The molecule has 0 bridgehead atoms. The number of nitrogens with two attached hydrogens (primary N) is 3. The van der Waals surface area contributed by atoms with Crippen molar-refractivity contribution in [3.63, 3.8) is 0 Å². The van der Waals surface area contributed by atoms with Crippen LogP contribution in [0.25, 0.3) is 22.3 Å². The summed E-state index contributed by atoms with van der Waals surface area (Å²) in [4.78, 5) is 44.3. The molecule has 0 aliphatic carbocycles. The Bertz CT molecular complexity index is 1740. The number of ether oxygens (including phenoxy) is 3. The van der Waals surface area contributed by atoms with Crippen molar-refractivity contribution in [2.45, 2.75) is 49.2 Å². The van der Waals surface area contributed by atoms with Gasteiger partial charge in [0.25, 0.3) is 0 Å². The first-order chi connectivity index (χ1) is 21.0. The summed E-state index contributed by atoms with van der Waals surface area (Å²) in [7, 11) is -7.32. The third-order valence-electron chi connectivity index (χ3n) is 7.01. The normalized spacial score (nSPS) is 31.1. The second-order valence-electron chi connectivity index (χ2n) is 9.61. The molecule has 4 aromatic rings. The highest BCUT2D eigenvalue weighted by Gasteiger charge is 2.51. The number of aromatic nitrogens is 8. The van der Waals surface area contributed by atoms with Gasteiger partial charge in [0.1, 0.15) is 42.0 Å². The Balaban J connectivity index is 1.17. The highest BCUT2D eigenvalue weighted by Crippen LogP contribution is 2.50. The van der Waals surface area contributed by atoms with E-state index in [2.05, 4.69) is 29.9 Å². The van der Waals surface area contributed by atoms with Crippen LogP contribution >= 0.6 is 16.1 Å². The Morgan fingerprint density at radius 3 is 2.14 bits per heavy atom. The molecule has 6 rings (SSSR count). The van der Waals surface area contributed by atoms with E-state index in [-0.39, 0.29) is 34.0 Å². The Hall–Kier alpha value is -3.24. The molecule has 0 amide bonds. The minimum atomic E-state index is -5.00. The highest BCUT2D eigenvalue weighted by atomic mass is 31.2. The lowest BCUT2D eigenvalue weighted by Crippen LogP contribution is -2.41. The molecule has 2 saturated heterocycles. The van der Waals surface area contributed by atoms with Gasteiger partial charge in [-0.15, -0.1) is 0 Å². The van der Waals surface area contributed by atoms with Gasteiger partial charge in [-0.2, -0.15) is 0 Å².